The lowest BCUT2D eigenvalue weighted by atomic mass is 10.1. The normalized spacial score (nSPS) is 9.06. The van der Waals surface area contributed by atoms with Crippen LogP contribution in [-0.4, -0.2) is 21.3 Å². The molecule has 0 unspecified atom stereocenters. The van der Waals surface area contributed by atoms with Gasteiger partial charge < -0.3 is 14.8 Å². The number of hydrogen-bond donors (Lipinski definition) is 1. The molecule has 0 aromatic heterocycles. The van der Waals surface area contributed by atoms with Crippen LogP contribution in [0.15, 0.2) is 12.1 Å². The highest BCUT2D eigenvalue weighted by molar-refractivity contribution is 5.60. The van der Waals surface area contributed by atoms with Gasteiger partial charge in [0.05, 0.1) is 14.2 Å². The highest BCUT2D eigenvalue weighted by Crippen LogP contribution is 2.33. The van der Waals surface area contributed by atoms with E-state index in [2.05, 4.69) is 12.2 Å². The van der Waals surface area contributed by atoms with Gasteiger partial charge in [0.25, 0.3) is 0 Å². The minimum absolute atomic E-state index is 0.765. The fourth-order valence-electron chi connectivity index (χ4n) is 1.63. The Hall–Kier alpha value is -1.38. The second-order valence-electron chi connectivity index (χ2n) is 3.36. The van der Waals surface area contributed by atoms with Gasteiger partial charge in [-0.15, -0.1) is 0 Å². The third-order valence-corrected chi connectivity index (χ3v) is 2.40. The number of benzene rings is 1. The summed E-state index contributed by atoms with van der Waals surface area (Å²) in [6.07, 6.45) is 2.15. The van der Waals surface area contributed by atoms with Crippen molar-refractivity contribution in [3.8, 4) is 11.5 Å². The maximum Gasteiger partial charge on any atom is 0.162 e. The Morgan fingerprint density at radius 2 is 1.59 bits per heavy atom. The second-order valence-corrected chi connectivity index (χ2v) is 3.36. The molecule has 0 aliphatic heterocycles. The smallest absolute Gasteiger partial charge is 0.162 e. The van der Waals surface area contributed by atoms with E-state index in [9.17, 15) is 0 Å². The minimum Gasteiger partial charge on any atom is -0.493 e. The number of anilines is 1. The molecule has 3 heteroatoms. The van der Waals surface area contributed by atoms with Crippen LogP contribution in [0, 0.1) is 0 Å². The Morgan fingerprint density at radius 1 is 1.06 bits per heavy atom. The van der Waals surface area contributed by atoms with Crippen LogP contribution in [0.4, 0.5) is 5.69 Å². The van der Waals surface area contributed by atoms with Crippen molar-refractivity contribution in [1.82, 2.24) is 0 Å². The zero-order valence-electron chi connectivity index (χ0n) is 11.9. The fourth-order valence-corrected chi connectivity index (χ4v) is 1.63. The van der Waals surface area contributed by atoms with Crippen molar-refractivity contribution >= 4 is 5.69 Å². The van der Waals surface area contributed by atoms with E-state index in [1.807, 2.05) is 33.0 Å². The van der Waals surface area contributed by atoms with Gasteiger partial charge in [-0.25, -0.2) is 0 Å². The summed E-state index contributed by atoms with van der Waals surface area (Å²) < 4.78 is 10.5. The van der Waals surface area contributed by atoms with Crippen LogP contribution in [0.25, 0.3) is 0 Å². The summed E-state index contributed by atoms with van der Waals surface area (Å²) in [4.78, 5) is 0. The molecule has 0 spiro atoms. The van der Waals surface area contributed by atoms with E-state index < -0.39 is 0 Å². The highest BCUT2D eigenvalue weighted by Gasteiger charge is 2.09. The predicted octanol–water partition coefficient (Wildman–Crippen LogP) is 3.72. The Labute approximate surface area is 105 Å². The third kappa shape index (κ3) is 4.17. The molecule has 0 aliphatic carbocycles. The zero-order chi connectivity index (χ0) is 13.3. The summed E-state index contributed by atoms with van der Waals surface area (Å²) in [7, 11) is 5.23. The van der Waals surface area contributed by atoms with E-state index in [0.29, 0.717) is 0 Å². The first-order valence-corrected chi connectivity index (χ1v) is 6.19. The second kappa shape index (κ2) is 8.74. The van der Waals surface area contributed by atoms with E-state index >= 15 is 0 Å². The van der Waals surface area contributed by atoms with Gasteiger partial charge in [-0.3, -0.25) is 0 Å². The van der Waals surface area contributed by atoms with E-state index in [1.54, 1.807) is 14.2 Å². The molecule has 1 aromatic rings. The van der Waals surface area contributed by atoms with Gasteiger partial charge in [-0.2, -0.15) is 0 Å². The molecule has 98 valence electrons. The Bertz CT molecular complexity index is 324. The number of rotatable bonds is 5. The van der Waals surface area contributed by atoms with E-state index in [-0.39, 0.29) is 0 Å². The Kier molecular flexibility index (Phi) is 8.03. The highest BCUT2D eigenvalue weighted by atomic mass is 16.5. The standard InChI is InChI=1S/C12H19NO2.C2H6/c1-5-6-9-7-11(14-3)12(15-4)8-10(9)13-2;1-2/h7-8,13H,5-6H2,1-4H3;1-2H3. The van der Waals surface area contributed by atoms with Crippen LogP contribution in [0.5, 0.6) is 11.5 Å². The van der Waals surface area contributed by atoms with Crippen LogP contribution in [0.3, 0.4) is 0 Å². The molecule has 1 aromatic carbocycles. The van der Waals surface area contributed by atoms with Crippen molar-refractivity contribution in [2.75, 3.05) is 26.6 Å². The minimum atomic E-state index is 0.765. The van der Waals surface area contributed by atoms with E-state index in [0.717, 1.165) is 30.0 Å². The number of ether oxygens (including phenoxy) is 2. The van der Waals surface area contributed by atoms with Gasteiger partial charge in [0.1, 0.15) is 0 Å². The molecule has 1 N–H and O–H groups in total. The summed E-state index contributed by atoms with van der Waals surface area (Å²) >= 11 is 0. The largest absolute Gasteiger partial charge is 0.493 e. The molecule has 0 aliphatic rings. The number of nitrogens with one attached hydrogen (secondary N) is 1. The molecule has 1 rings (SSSR count). The third-order valence-electron chi connectivity index (χ3n) is 2.40. The average molecular weight is 239 g/mol. The van der Waals surface area contributed by atoms with Crippen LogP contribution in [0.2, 0.25) is 0 Å². The molecule has 0 saturated heterocycles. The summed E-state index contributed by atoms with van der Waals surface area (Å²) in [6.45, 7) is 6.16. The zero-order valence-corrected chi connectivity index (χ0v) is 11.9. The van der Waals surface area contributed by atoms with E-state index in [1.165, 1.54) is 5.56 Å². The summed E-state index contributed by atoms with van der Waals surface area (Å²) in [5.74, 6) is 1.56. The summed E-state index contributed by atoms with van der Waals surface area (Å²) in [5.41, 5.74) is 2.37. The quantitative estimate of drug-likeness (QED) is 0.849. The molecule has 0 amide bonds. The molecule has 0 saturated carbocycles. The molecule has 17 heavy (non-hydrogen) atoms. The number of hydrogen-bond acceptors (Lipinski definition) is 3. The Balaban J connectivity index is 0.00000121. The SMILES string of the molecule is CC.CCCc1cc(OC)c(OC)cc1NC. The van der Waals surface area contributed by atoms with Crippen molar-refractivity contribution < 1.29 is 9.47 Å². The Morgan fingerprint density at radius 3 is 2.00 bits per heavy atom. The van der Waals surface area contributed by atoms with Crippen molar-refractivity contribution in [2.45, 2.75) is 33.6 Å². The molecular weight excluding hydrogens is 214 g/mol. The number of aryl methyl sites for hydroxylation is 1. The van der Waals surface area contributed by atoms with Crippen molar-refractivity contribution in [1.29, 1.82) is 0 Å². The molecule has 0 bridgehead atoms. The first-order valence-electron chi connectivity index (χ1n) is 6.19. The topological polar surface area (TPSA) is 30.5 Å². The van der Waals surface area contributed by atoms with Crippen LogP contribution in [0.1, 0.15) is 32.8 Å². The van der Waals surface area contributed by atoms with Crippen LogP contribution < -0.4 is 14.8 Å². The lowest BCUT2D eigenvalue weighted by Crippen LogP contribution is -1.99. The van der Waals surface area contributed by atoms with Gasteiger partial charge in [-0.05, 0) is 18.1 Å². The first-order chi connectivity index (χ1) is 8.26. The first kappa shape index (κ1) is 15.6. The molecule has 3 nitrogen and oxygen atoms in total. The summed E-state index contributed by atoms with van der Waals surface area (Å²) in [6, 6.07) is 4.01. The summed E-state index contributed by atoms with van der Waals surface area (Å²) in [5, 5.41) is 3.17. The van der Waals surface area contributed by atoms with Crippen molar-refractivity contribution in [3.63, 3.8) is 0 Å². The molecular formula is C14H25NO2. The van der Waals surface area contributed by atoms with Crippen LogP contribution in [-0.2, 0) is 6.42 Å². The average Bonchev–Trinajstić information content (AvgIpc) is 2.40. The van der Waals surface area contributed by atoms with Gasteiger partial charge >= 0.3 is 0 Å². The number of methoxy groups -OCH3 is 2. The predicted molar refractivity (Wildman–Crippen MR) is 74.4 cm³/mol. The lowest BCUT2D eigenvalue weighted by Gasteiger charge is -2.14. The fraction of sp³-hybridized carbons (Fsp3) is 0.571. The maximum absolute atomic E-state index is 5.27. The van der Waals surface area contributed by atoms with Crippen molar-refractivity contribution in [3.05, 3.63) is 17.7 Å². The molecule has 0 atom stereocenters. The molecule has 0 radical (unpaired) electrons. The van der Waals surface area contributed by atoms with E-state index in [4.69, 9.17) is 9.47 Å². The van der Waals surface area contributed by atoms with Gasteiger partial charge in [0.2, 0.25) is 0 Å². The molecule has 0 fully saturated rings. The van der Waals surface area contributed by atoms with Gasteiger partial charge in [0, 0.05) is 18.8 Å². The van der Waals surface area contributed by atoms with Gasteiger partial charge in [0.15, 0.2) is 11.5 Å². The van der Waals surface area contributed by atoms with Crippen molar-refractivity contribution in [2.24, 2.45) is 0 Å². The lowest BCUT2D eigenvalue weighted by molar-refractivity contribution is 0.354. The maximum atomic E-state index is 5.27. The molecule has 0 heterocycles. The monoisotopic (exact) mass is 239 g/mol. The van der Waals surface area contributed by atoms with Gasteiger partial charge in [-0.1, -0.05) is 27.2 Å². The van der Waals surface area contributed by atoms with Crippen LogP contribution >= 0.6 is 0 Å².